The number of ketones is 1. The number of aliphatic hydroxyl groups excluding tert-OH is 1. The standard InChI is InChI=1S/C26H20N2O6/c1-34-21-13-11-19(12-14-21)27-24(18-8-5-9-20(16-18)28(32)33)23(25(30)26(27)31)22(29)15-10-17-6-3-2-4-7-17/h2-16,24,30H,1H3/b15-10+. The summed E-state index contributed by atoms with van der Waals surface area (Å²) in [5.41, 5.74) is 1.12. The van der Waals surface area contributed by atoms with Gasteiger partial charge in [0.25, 0.3) is 11.6 Å². The van der Waals surface area contributed by atoms with Crippen LogP contribution in [0.4, 0.5) is 11.4 Å². The first-order valence-corrected chi connectivity index (χ1v) is 10.3. The normalized spacial score (nSPS) is 15.7. The molecule has 34 heavy (non-hydrogen) atoms. The molecule has 3 aromatic rings. The molecule has 1 heterocycles. The number of methoxy groups -OCH3 is 1. The highest BCUT2D eigenvalue weighted by Crippen LogP contribution is 2.42. The van der Waals surface area contributed by atoms with Crippen molar-refractivity contribution in [1.29, 1.82) is 0 Å². The summed E-state index contributed by atoms with van der Waals surface area (Å²) in [6.45, 7) is 0. The van der Waals surface area contributed by atoms with E-state index in [0.29, 0.717) is 17.0 Å². The molecular weight excluding hydrogens is 436 g/mol. The minimum absolute atomic E-state index is 0.159. The SMILES string of the molecule is COc1ccc(N2C(=O)C(O)=C(C(=O)/C=C/c3ccccc3)C2c2cccc([N+](=O)[O-])c2)cc1. The van der Waals surface area contributed by atoms with E-state index in [4.69, 9.17) is 4.74 Å². The number of allylic oxidation sites excluding steroid dienone is 1. The Bertz CT molecular complexity index is 1310. The summed E-state index contributed by atoms with van der Waals surface area (Å²) in [5, 5.41) is 22.1. The third kappa shape index (κ3) is 4.29. The van der Waals surface area contributed by atoms with Crippen molar-refractivity contribution in [2.45, 2.75) is 6.04 Å². The van der Waals surface area contributed by atoms with Gasteiger partial charge in [-0.15, -0.1) is 0 Å². The Morgan fingerprint density at radius 2 is 1.76 bits per heavy atom. The number of non-ortho nitro benzene ring substituents is 1. The van der Waals surface area contributed by atoms with Crippen molar-refractivity contribution in [3.8, 4) is 5.75 Å². The van der Waals surface area contributed by atoms with Crippen LogP contribution >= 0.6 is 0 Å². The van der Waals surface area contributed by atoms with E-state index < -0.39 is 28.4 Å². The molecule has 8 nitrogen and oxygen atoms in total. The molecule has 0 saturated heterocycles. The molecule has 0 spiro atoms. The predicted octanol–water partition coefficient (Wildman–Crippen LogP) is 4.79. The molecule has 4 rings (SSSR count). The Hall–Kier alpha value is -4.72. The van der Waals surface area contributed by atoms with Gasteiger partial charge in [-0.25, -0.2) is 0 Å². The minimum Gasteiger partial charge on any atom is -0.503 e. The average molecular weight is 456 g/mol. The highest BCUT2D eigenvalue weighted by molar-refractivity contribution is 6.19. The van der Waals surface area contributed by atoms with Crippen LogP contribution in [0.2, 0.25) is 0 Å². The first kappa shape index (κ1) is 22.5. The molecule has 8 heteroatoms. The molecule has 0 aliphatic carbocycles. The van der Waals surface area contributed by atoms with Gasteiger partial charge in [0.2, 0.25) is 0 Å². The molecule has 1 aliphatic heterocycles. The summed E-state index contributed by atoms with van der Waals surface area (Å²) in [6.07, 6.45) is 2.85. The molecule has 0 radical (unpaired) electrons. The van der Waals surface area contributed by atoms with Gasteiger partial charge in [0, 0.05) is 17.8 Å². The first-order valence-electron chi connectivity index (χ1n) is 10.3. The Labute approximate surface area is 195 Å². The number of carbonyl (C=O) groups excluding carboxylic acids is 2. The fourth-order valence-corrected chi connectivity index (χ4v) is 3.82. The molecule has 1 aliphatic rings. The summed E-state index contributed by atoms with van der Waals surface area (Å²) >= 11 is 0. The lowest BCUT2D eigenvalue weighted by atomic mass is 9.95. The zero-order valence-corrected chi connectivity index (χ0v) is 18.1. The molecule has 0 saturated carbocycles. The largest absolute Gasteiger partial charge is 0.503 e. The van der Waals surface area contributed by atoms with Crippen molar-refractivity contribution in [3.05, 3.63) is 118 Å². The highest BCUT2D eigenvalue weighted by atomic mass is 16.6. The molecule has 1 unspecified atom stereocenters. The van der Waals surface area contributed by atoms with E-state index in [1.54, 1.807) is 48.5 Å². The maximum absolute atomic E-state index is 13.2. The molecule has 1 N–H and O–H groups in total. The van der Waals surface area contributed by atoms with Gasteiger partial charge < -0.3 is 9.84 Å². The topological polar surface area (TPSA) is 110 Å². The maximum atomic E-state index is 13.2. The molecule has 1 amide bonds. The van der Waals surface area contributed by atoms with Crippen LogP contribution in [-0.2, 0) is 9.59 Å². The third-order valence-corrected chi connectivity index (χ3v) is 5.45. The molecule has 3 aromatic carbocycles. The number of ether oxygens (including phenoxy) is 1. The maximum Gasteiger partial charge on any atom is 0.294 e. The quantitative estimate of drug-likeness (QED) is 0.311. The molecule has 0 fully saturated rings. The van der Waals surface area contributed by atoms with Crippen LogP contribution in [0.25, 0.3) is 6.08 Å². The van der Waals surface area contributed by atoms with Crippen LogP contribution in [0.15, 0.2) is 96.3 Å². The van der Waals surface area contributed by atoms with E-state index in [-0.39, 0.29) is 11.3 Å². The minimum atomic E-state index is -1.06. The fraction of sp³-hybridized carbons (Fsp3) is 0.0769. The van der Waals surface area contributed by atoms with Gasteiger partial charge in [0.15, 0.2) is 11.5 Å². The Kier molecular flexibility index (Phi) is 6.22. The molecular formula is C26H20N2O6. The lowest BCUT2D eigenvalue weighted by Crippen LogP contribution is -2.30. The van der Waals surface area contributed by atoms with Crippen LogP contribution in [0.5, 0.6) is 5.75 Å². The number of carbonyl (C=O) groups is 2. The van der Waals surface area contributed by atoms with E-state index in [1.165, 1.54) is 36.3 Å². The van der Waals surface area contributed by atoms with Gasteiger partial charge in [0.05, 0.1) is 23.6 Å². The number of hydrogen-bond acceptors (Lipinski definition) is 6. The monoisotopic (exact) mass is 456 g/mol. The van der Waals surface area contributed by atoms with Crippen molar-refractivity contribution in [2.75, 3.05) is 12.0 Å². The number of benzene rings is 3. The second-order valence-corrected chi connectivity index (χ2v) is 7.50. The lowest BCUT2D eigenvalue weighted by molar-refractivity contribution is -0.384. The summed E-state index contributed by atoms with van der Waals surface area (Å²) < 4.78 is 5.17. The summed E-state index contributed by atoms with van der Waals surface area (Å²) in [4.78, 5) is 38.4. The van der Waals surface area contributed by atoms with Crippen molar-refractivity contribution in [1.82, 2.24) is 0 Å². The second-order valence-electron chi connectivity index (χ2n) is 7.50. The van der Waals surface area contributed by atoms with Gasteiger partial charge in [-0.05, 0) is 41.5 Å². The van der Waals surface area contributed by atoms with Crippen LogP contribution in [0, 0.1) is 10.1 Å². The zero-order valence-electron chi connectivity index (χ0n) is 18.1. The predicted molar refractivity (Wildman–Crippen MR) is 126 cm³/mol. The smallest absolute Gasteiger partial charge is 0.294 e. The number of hydrogen-bond donors (Lipinski definition) is 1. The van der Waals surface area contributed by atoms with Crippen molar-refractivity contribution < 1.29 is 24.4 Å². The van der Waals surface area contributed by atoms with Crippen LogP contribution < -0.4 is 9.64 Å². The van der Waals surface area contributed by atoms with Crippen LogP contribution in [0.3, 0.4) is 0 Å². The number of amides is 1. The average Bonchev–Trinajstić information content (AvgIpc) is 3.13. The van der Waals surface area contributed by atoms with Gasteiger partial charge in [-0.3, -0.25) is 24.6 Å². The molecule has 1 atom stereocenters. The number of nitrogens with zero attached hydrogens (tertiary/aromatic N) is 2. The van der Waals surface area contributed by atoms with E-state index >= 15 is 0 Å². The van der Waals surface area contributed by atoms with Gasteiger partial charge in [0.1, 0.15) is 5.75 Å². The first-order chi connectivity index (χ1) is 16.4. The van der Waals surface area contributed by atoms with Crippen molar-refractivity contribution in [3.63, 3.8) is 0 Å². The van der Waals surface area contributed by atoms with Crippen LogP contribution in [-0.4, -0.2) is 28.8 Å². The summed E-state index contributed by atoms with van der Waals surface area (Å²) in [7, 11) is 1.51. The van der Waals surface area contributed by atoms with Crippen molar-refractivity contribution in [2.24, 2.45) is 0 Å². The third-order valence-electron chi connectivity index (χ3n) is 5.45. The Morgan fingerprint density at radius 3 is 2.41 bits per heavy atom. The van der Waals surface area contributed by atoms with E-state index in [2.05, 4.69) is 0 Å². The number of anilines is 1. The summed E-state index contributed by atoms with van der Waals surface area (Å²) in [5.74, 6) is -1.50. The highest BCUT2D eigenvalue weighted by Gasteiger charge is 2.44. The number of nitro groups is 1. The van der Waals surface area contributed by atoms with E-state index in [1.807, 2.05) is 18.2 Å². The van der Waals surface area contributed by atoms with Gasteiger partial charge in [-0.1, -0.05) is 48.5 Å². The molecule has 170 valence electrons. The zero-order chi connectivity index (χ0) is 24.2. The van der Waals surface area contributed by atoms with E-state index in [0.717, 1.165) is 5.56 Å². The molecule has 0 bridgehead atoms. The van der Waals surface area contributed by atoms with Crippen molar-refractivity contribution >= 4 is 29.1 Å². The second kappa shape index (κ2) is 9.41. The van der Waals surface area contributed by atoms with E-state index in [9.17, 15) is 24.8 Å². The molecule has 0 aromatic heterocycles. The Morgan fingerprint density at radius 1 is 1.06 bits per heavy atom. The summed E-state index contributed by atoms with van der Waals surface area (Å²) in [6, 6.07) is 20.2. The Balaban J connectivity index is 1.81. The number of aliphatic hydroxyl groups is 1. The van der Waals surface area contributed by atoms with Gasteiger partial charge >= 0.3 is 0 Å². The van der Waals surface area contributed by atoms with Crippen LogP contribution in [0.1, 0.15) is 17.2 Å². The fourth-order valence-electron chi connectivity index (χ4n) is 3.82. The number of rotatable bonds is 7. The lowest BCUT2D eigenvalue weighted by Gasteiger charge is -2.26. The van der Waals surface area contributed by atoms with Gasteiger partial charge in [-0.2, -0.15) is 0 Å². The number of nitro benzene ring substituents is 1.